The van der Waals surface area contributed by atoms with Gasteiger partial charge in [0, 0.05) is 0 Å². The predicted molar refractivity (Wildman–Crippen MR) is 59.6 cm³/mol. The number of rotatable bonds is 8. The topological polar surface area (TPSA) is 156 Å². The summed E-state index contributed by atoms with van der Waals surface area (Å²) in [7, 11) is 0. The molecule has 0 radical (unpaired) electrons. The minimum atomic E-state index is -1.47. The third-order valence-electron chi connectivity index (χ3n) is 2.31. The number of aliphatic hydroxyl groups is 1. The molecule has 0 aliphatic rings. The van der Waals surface area contributed by atoms with Gasteiger partial charge in [0.05, 0.1) is 12.6 Å². The molecule has 0 rings (SSSR count). The highest BCUT2D eigenvalue weighted by molar-refractivity contribution is 5.88. The number of nitrogens with two attached hydrogens (primary N) is 3. The third kappa shape index (κ3) is 5.09. The van der Waals surface area contributed by atoms with Gasteiger partial charge in [-0.2, -0.15) is 0 Å². The number of nitrogens with zero attached hydrogens (tertiary/aromatic N) is 1. The van der Waals surface area contributed by atoms with E-state index in [1.54, 1.807) is 0 Å². The Morgan fingerprint density at radius 2 is 1.88 bits per heavy atom. The second-order valence-electron chi connectivity index (χ2n) is 3.67. The molecule has 0 aromatic carbocycles. The lowest BCUT2D eigenvalue weighted by Gasteiger charge is -2.24. The van der Waals surface area contributed by atoms with E-state index in [9.17, 15) is 14.8 Å². The summed E-state index contributed by atoms with van der Waals surface area (Å²) in [5.41, 5.74) is 15.7. The normalized spacial score (nSPS) is 14.1. The molecule has 0 fully saturated rings. The highest BCUT2D eigenvalue weighted by Gasteiger charge is 2.29. The van der Waals surface area contributed by atoms with Crippen molar-refractivity contribution in [1.82, 2.24) is 5.06 Å². The summed E-state index contributed by atoms with van der Waals surface area (Å²) in [4.78, 5) is 22.4. The number of aliphatic hydroxyl groups excluding tert-OH is 1. The van der Waals surface area contributed by atoms with E-state index in [2.05, 4.69) is 0 Å². The predicted octanol–water partition coefficient (Wildman–Crippen LogP) is -2.49. The monoisotopic (exact) mass is 248 g/mol. The summed E-state index contributed by atoms with van der Waals surface area (Å²) in [6.45, 7) is -0.266. The molecule has 0 saturated carbocycles. The number of hydroxylamine groups is 2. The van der Waals surface area contributed by atoms with Gasteiger partial charge in [-0.1, -0.05) is 6.42 Å². The van der Waals surface area contributed by atoms with Crippen LogP contribution in [0.5, 0.6) is 0 Å². The molecular formula is C9H20N4O4. The van der Waals surface area contributed by atoms with Gasteiger partial charge in [-0.3, -0.25) is 14.8 Å². The molecule has 0 heterocycles. The van der Waals surface area contributed by atoms with E-state index >= 15 is 0 Å². The van der Waals surface area contributed by atoms with E-state index in [-0.39, 0.29) is 5.06 Å². The summed E-state index contributed by atoms with van der Waals surface area (Å²) in [6.07, 6.45) is 1.69. The van der Waals surface area contributed by atoms with E-state index in [4.69, 9.17) is 22.3 Å². The Morgan fingerprint density at radius 1 is 1.29 bits per heavy atom. The summed E-state index contributed by atoms with van der Waals surface area (Å²) in [5.74, 6) is -1.85. The van der Waals surface area contributed by atoms with Crippen molar-refractivity contribution in [3.8, 4) is 0 Å². The standard InChI is InChI=1S/C9H20N4O4/c10-4-2-1-3-6(11)9(16)13(17)7(5-14)8(12)15/h6-7,14,17H,1-5,10-11H2,(H2,12,15)/t6-,7-/m0/s1. The van der Waals surface area contributed by atoms with Gasteiger partial charge in [-0.15, -0.1) is 0 Å². The van der Waals surface area contributed by atoms with Crippen molar-refractivity contribution in [3.05, 3.63) is 0 Å². The molecule has 100 valence electrons. The summed E-state index contributed by atoms with van der Waals surface area (Å²) in [6, 6.07) is -2.41. The van der Waals surface area contributed by atoms with Crippen LogP contribution < -0.4 is 17.2 Å². The van der Waals surface area contributed by atoms with E-state index in [0.29, 0.717) is 25.8 Å². The first kappa shape index (κ1) is 15.8. The van der Waals surface area contributed by atoms with Crippen LogP contribution in [-0.2, 0) is 9.59 Å². The quantitative estimate of drug-likeness (QED) is 0.182. The third-order valence-corrected chi connectivity index (χ3v) is 2.31. The summed E-state index contributed by atoms with van der Waals surface area (Å²) in [5, 5.41) is 18.3. The van der Waals surface area contributed by atoms with Crippen LogP contribution in [-0.4, -0.2) is 52.4 Å². The molecule has 0 saturated heterocycles. The molecule has 8 heteroatoms. The average molecular weight is 248 g/mol. The first-order valence-electron chi connectivity index (χ1n) is 5.33. The van der Waals surface area contributed by atoms with Crippen molar-refractivity contribution < 1.29 is 19.9 Å². The van der Waals surface area contributed by atoms with E-state index in [0.717, 1.165) is 0 Å². The number of primary amides is 1. The Balaban J connectivity index is 4.31. The second-order valence-corrected chi connectivity index (χ2v) is 3.67. The van der Waals surface area contributed by atoms with Crippen LogP contribution in [0.3, 0.4) is 0 Å². The van der Waals surface area contributed by atoms with Crippen LogP contribution in [0.1, 0.15) is 19.3 Å². The Labute approximate surface area is 99.3 Å². The number of carbonyl (C=O) groups is 2. The maximum atomic E-state index is 11.5. The SMILES string of the molecule is NCCCC[C@H](N)C(=O)N(O)[C@@H](CO)C(N)=O. The highest BCUT2D eigenvalue weighted by atomic mass is 16.5. The summed E-state index contributed by atoms with van der Waals surface area (Å²) >= 11 is 0. The lowest BCUT2D eigenvalue weighted by atomic mass is 10.1. The molecule has 0 aliphatic heterocycles. The maximum absolute atomic E-state index is 11.5. The number of hydrogen-bond donors (Lipinski definition) is 5. The second kappa shape index (κ2) is 7.96. The molecule has 0 unspecified atom stereocenters. The fourth-order valence-electron chi connectivity index (χ4n) is 1.24. The average Bonchev–Trinajstić information content (AvgIpc) is 2.28. The first-order chi connectivity index (χ1) is 7.95. The zero-order chi connectivity index (χ0) is 13.4. The van der Waals surface area contributed by atoms with Crippen molar-refractivity contribution in [3.63, 3.8) is 0 Å². The van der Waals surface area contributed by atoms with Crippen LogP contribution in [0, 0.1) is 0 Å². The van der Waals surface area contributed by atoms with Crippen LogP contribution in [0.4, 0.5) is 0 Å². The Morgan fingerprint density at radius 3 is 2.29 bits per heavy atom. The van der Waals surface area contributed by atoms with Crippen molar-refractivity contribution in [2.45, 2.75) is 31.3 Å². The van der Waals surface area contributed by atoms with Gasteiger partial charge in [0.1, 0.15) is 0 Å². The van der Waals surface area contributed by atoms with Gasteiger partial charge < -0.3 is 22.3 Å². The number of amides is 2. The Hall–Kier alpha value is -1.22. The zero-order valence-corrected chi connectivity index (χ0v) is 9.58. The van der Waals surface area contributed by atoms with Gasteiger partial charge in [0.2, 0.25) is 5.91 Å². The lowest BCUT2D eigenvalue weighted by Crippen LogP contribution is -2.53. The molecule has 0 spiro atoms. The molecule has 0 aromatic rings. The van der Waals surface area contributed by atoms with Gasteiger partial charge in [-0.25, -0.2) is 5.06 Å². The molecule has 2 amide bonds. The van der Waals surface area contributed by atoms with Crippen molar-refractivity contribution >= 4 is 11.8 Å². The fourth-order valence-corrected chi connectivity index (χ4v) is 1.24. The highest BCUT2D eigenvalue weighted by Crippen LogP contribution is 2.04. The van der Waals surface area contributed by atoms with E-state index in [1.165, 1.54) is 0 Å². The molecular weight excluding hydrogens is 228 g/mol. The molecule has 0 bridgehead atoms. The molecule has 17 heavy (non-hydrogen) atoms. The Kier molecular flexibility index (Phi) is 7.39. The minimum Gasteiger partial charge on any atom is -0.394 e. The number of unbranched alkanes of at least 4 members (excludes halogenated alkanes) is 1. The molecule has 8 N–H and O–H groups in total. The van der Waals surface area contributed by atoms with Crippen molar-refractivity contribution in [2.24, 2.45) is 17.2 Å². The zero-order valence-electron chi connectivity index (χ0n) is 9.58. The molecule has 2 atom stereocenters. The fraction of sp³-hybridized carbons (Fsp3) is 0.778. The number of carbonyl (C=O) groups excluding carboxylic acids is 2. The smallest absolute Gasteiger partial charge is 0.263 e. The van der Waals surface area contributed by atoms with Gasteiger partial charge in [-0.05, 0) is 19.4 Å². The van der Waals surface area contributed by atoms with Crippen LogP contribution >= 0.6 is 0 Å². The maximum Gasteiger partial charge on any atom is 0.263 e. The van der Waals surface area contributed by atoms with Crippen molar-refractivity contribution in [2.75, 3.05) is 13.2 Å². The lowest BCUT2D eigenvalue weighted by molar-refractivity contribution is -0.183. The van der Waals surface area contributed by atoms with E-state index in [1.807, 2.05) is 0 Å². The molecule has 0 aliphatic carbocycles. The first-order valence-corrected chi connectivity index (χ1v) is 5.33. The van der Waals surface area contributed by atoms with Crippen LogP contribution in [0.15, 0.2) is 0 Å². The van der Waals surface area contributed by atoms with Gasteiger partial charge in [0.25, 0.3) is 5.91 Å². The van der Waals surface area contributed by atoms with Crippen LogP contribution in [0.25, 0.3) is 0 Å². The molecule has 8 nitrogen and oxygen atoms in total. The molecule has 0 aromatic heterocycles. The van der Waals surface area contributed by atoms with Gasteiger partial charge >= 0.3 is 0 Å². The minimum absolute atomic E-state index is 0.0927. The summed E-state index contributed by atoms with van der Waals surface area (Å²) < 4.78 is 0. The largest absolute Gasteiger partial charge is 0.394 e. The van der Waals surface area contributed by atoms with Crippen molar-refractivity contribution in [1.29, 1.82) is 0 Å². The number of hydrogen-bond acceptors (Lipinski definition) is 6. The van der Waals surface area contributed by atoms with Gasteiger partial charge in [0.15, 0.2) is 6.04 Å². The Bertz CT molecular complexity index is 261. The van der Waals surface area contributed by atoms with E-state index < -0.39 is 30.5 Å². The van der Waals surface area contributed by atoms with Crippen LogP contribution in [0.2, 0.25) is 0 Å².